The zero-order chi connectivity index (χ0) is 21.3. The van der Waals surface area contributed by atoms with Crippen molar-refractivity contribution in [1.82, 2.24) is 5.32 Å². The zero-order valence-electron chi connectivity index (χ0n) is 18.1. The van der Waals surface area contributed by atoms with Gasteiger partial charge in [0.1, 0.15) is 5.75 Å². The first-order valence-electron chi connectivity index (χ1n) is 10.3. The van der Waals surface area contributed by atoms with Crippen molar-refractivity contribution >= 4 is 15.4 Å². The molecule has 0 aliphatic heterocycles. The predicted molar refractivity (Wildman–Crippen MR) is 127 cm³/mol. The maximum absolute atomic E-state index is 11.8. The third kappa shape index (κ3) is 8.36. The Kier molecular flexibility index (Phi) is 8.84. The highest BCUT2D eigenvalue weighted by atomic mass is 32.2. The highest BCUT2D eigenvalue weighted by Gasteiger charge is 2.11. The molecule has 0 saturated carbocycles. The SMILES string of the molecule is C=C(NC)C(CCC)Cc1ccc(OCCc2ccc(CS(=C)(C)=O)cc2)cc1. The van der Waals surface area contributed by atoms with Gasteiger partial charge in [-0.05, 0) is 57.1 Å². The van der Waals surface area contributed by atoms with E-state index in [9.17, 15) is 4.21 Å². The fraction of sp³-hybridized carbons (Fsp3) is 0.400. The van der Waals surface area contributed by atoms with Gasteiger partial charge in [-0.1, -0.05) is 56.3 Å². The van der Waals surface area contributed by atoms with Gasteiger partial charge < -0.3 is 10.1 Å². The lowest BCUT2D eigenvalue weighted by Gasteiger charge is -2.19. The van der Waals surface area contributed by atoms with Crippen LogP contribution in [0.5, 0.6) is 5.75 Å². The molecule has 4 heteroatoms. The van der Waals surface area contributed by atoms with Crippen LogP contribution in [0.1, 0.15) is 36.5 Å². The molecule has 2 unspecified atom stereocenters. The topological polar surface area (TPSA) is 38.3 Å². The van der Waals surface area contributed by atoms with Crippen molar-refractivity contribution in [2.75, 3.05) is 19.9 Å². The molecular formula is C25H35NO2S. The van der Waals surface area contributed by atoms with Crippen molar-refractivity contribution in [3.05, 3.63) is 77.5 Å². The average Bonchev–Trinajstić information content (AvgIpc) is 2.68. The minimum atomic E-state index is -2.00. The van der Waals surface area contributed by atoms with E-state index in [0.717, 1.165) is 42.7 Å². The molecule has 0 fully saturated rings. The fourth-order valence-electron chi connectivity index (χ4n) is 3.40. The van der Waals surface area contributed by atoms with Crippen LogP contribution in [-0.4, -0.2) is 30.0 Å². The van der Waals surface area contributed by atoms with Gasteiger partial charge in [-0.25, -0.2) is 0 Å². The summed E-state index contributed by atoms with van der Waals surface area (Å²) in [5, 5.41) is 3.20. The molecular weight excluding hydrogens is 378 g/mol. The Hall–Kier alpha value is -2.20. The van der Waals surface area contributed by atoms with E-state index >= 15 is 0 Å². The number of benzene rings is 2. The highest BCUT2D eigenvalue weighted by molar-refractivity contribution is 7.98. The lowest BCUT2D eigenvalue weighted by atomic mass is 9.92. The first-order valence-corrected chi connectivity index (χ1v) is 12.6. The van der Waals surface area contributed by atoms with Gasteiger partial charge in [0.05, 0.1) is 6.61 Å². The van der Waals surface area contributed by atoms with Crippen LogP contribution in [0, 0.1) is 5.92 Å². The number of hydrogen-bond acceptors (Lipinski definition) is 3. The van der Waals surface area contributed by atoms with Gasteiger partial charge in [0.2, 0.25) is 0 Å². The molecule has 0 aliphatic carbocycles. The van der Waals surface area contributed by atoms with Crippen LogP contribution in [0.2, 0.25) is 0 Å². The van der Waals surface area contributed by atoms with E-state index in [4.69, 9.17) is 4.74 Å². The summed E-state index contributed by atoms with van der Waals surface area (Å²) in [6.07, 6.45) is 5.83. The number of hydrogen-bond donors (Lipinski definition) is 1. The molecule has 2 aromatic carbocycles. The largest absolute Gasteiger partial charge is 0.493 e. The van der Waals surface area contributed by atoms with Gasteiger partial charge in [0, 0.05) is 37.1 Å². The van der Waals surface area contributed by atoms with Crippen molar-refractivity contribution in [2.24, 2.45) is 5.92 Å². The lowest BCUT2D eigenvalue weighted by molar-refractivity contribution is 0.322. The quantitative estimate of drug-likeness (QED) is 0.506. The van der Waals surface area contributed by atoms with Crippen LogP contribution in [-0.2, 0) is 28.1 Å². The molecule has 0 heterocycles. The standard InChI is InChI=1S/C25H35NO2S/c1-6-7-24(20(2)26-3)18-22-12-14-25(15-13-22)28-17-16-21-8-10-23(11-9-21)19-29(4,5)27/h8-15,24,26H,2,4,6-7,16-19H2,1,3,5H3. The Morgan fingerprint density at radius 1 is 1.07 bits per heavy atom. The molecule has 2 rings (SSSR count). The molecule has 0 aromatic heterocycles. The van der Waals surface area contributed by atoms with Crippen molar-refractivity contribution < 1.29 is 8.95 Å². The molecule has 0 amide bonds. The van der Waals surface area contributed by atoms with E-state index in [1.807, 2.05) is 19.2 Å². The van der Waals surface area contributed by atoms with E-state index in [2.05, 4.69) is 61.1 Å². The zero-order valence-corrected chi connectivity index (χ0v) is 18.9. The van der Waals surface area contributed by atoms with Crippen molar-refractivity contribution in [1.29, 1.82) is 0 Å². The smallest absolute Gasteiger partial charge is 0.119 e. The van der Waals surface area contributed by atoms with Crippen molar-refractivity contribution in [2.45, 2.75) is 38.4 Å². The third-order valence-corrected chi connectivity index (χ3v) is 5.95. The number of nitrogens with one attached hydrogen (secondary N) is 1. The maximum atomic E-state index is 11.8. The number of allylic oxidation sites excluding steroid dienone is 1. The summed E-state index contributed by atoms with van der Waals surface area (Å²) in [7, 11) is -0.0543. The molecule has 0 aliphatic rings. The van der Waals surface area contributed by atoms with E-state index in [1.165, 1.54) is 11.1 Å². The molecule has 0 radical (unpaired) electrons. The van der Waals surface area contributed by atoms with E-state index in [1.54, 1.807) is 6.26 Å². The van der Waals surface area contributed by atoms with E-state index < -0.39 is 9.52 Å². The normalized spacial score (nSPS) is 14.0. The Balaban J connectivity index is 1.83. The highest BCUT2D eigenvalue weighted by Crippen LogP contribution is 2.21. The predicted octanol–water partition coefficient (Wildman–Crippen LogP) is 4.85. The molecule has 0 spiro atoms. The first kappa shape index (κ1) is 23.1. The van der Waals surface area contributed by atoms with Crippen LogP contribution in [0.3, 0.4) is 0 Å². The molecule has 0 bridgehead atoms. The molecule has 1 N–H and O–H groups in total. The van der Waals surface area contributed by atoms with Crippen molar-refractivity contribution in [3.63, 3.8) is 0 Å². The van der Waals surface area contributed by atoms with Gasteiger partial charge in [-0.3, -0.25) is 4.21 Å². The Bertz CT molecular complexity index is 868. The monoisotopic (exact) mass is 413 g/mol. The van der Waals surface area contributed by atoms with Gasteiger partial charge in [-0.2, -0.15) is 0 Å². The van der Waals surface area contributed by atoms with Crippen LogP contribution in [0.25, 0.3) is 0 Å². The Labute approximate surface area is 177 Å². The van der Waals surface area contributed by atoms with Crippen LogP contribution >= 0.6 is 0 Å². The van der Waals surface area contributed by atoms with Crippen LogP contribution in [0.4, 0.5) is 0 Å². The second-order valence-electron chi connectivity index (χ2n) is 7.85. The molecule has 29 heavy (non-hydrogen) atoms. The Morgan fingerprint density at radius 2 is 1.66 bits per heavy atom. The summed E-state index contributed by atoms with van der Waals surface area (Å²) in [5.41, 5.74) is 4.69. The fourth-order valence-corrected chi connectivity index (χ4v) is 4.30. The second kappa shape index (κ2) is 11.1. The second-order valence-corrected chi connectivity index (χ2v) is 10.5. The minimum Gasteiger partial charge on any atom is -0.493 e. The summed E-state index contributed by atoms with van der Waals surface area (Å²) in [6, 6.07) is 16.6. The molecule has 158 valence electrons. The summed E-state index contributed by atoms with van der Waals surface area (Å²) in [5.74, 6) is 5.60. The van der Waals surface area contributed by atoms with Gasteiger partial charge in [0.25, 0.3) is 0 Å². The van der Waals surface area contributed by atoms with E-state index in [0.29, 0.717) is 18.3 Å². The van der Waals surface area contributed by atoms with E-state index in [-0.39, 0.29) is 0 Å². The number of ether oxygens (including phenoxy) is 1. The molecule has 2 atom stereocenters. The minimum absolute atomic E-state index is 0.462. The molecule has 0 saturated heterocycles. The van der Waals surface area contributed by atoms with Crippen molar-refractivity contribution in [3.8, 4) is 5.75 Å². The number of rotatable bonds is 12. The molecule has 3 nitrogen and oxygen atoms in total. The van der Waals surface area contributed by atoms with Gasteiger partial charge in [0.15, 0.2) is 0 Å². The van der Waals surface area contributed by atoms with Crippen LogP contribution in [0.15, 0.2) is 60.8 Å². The average molecular weight is 414 g/mol. The summed E-state index contributed by atoms with van der Waals surface area (Å²) in [6.45, 7) is 6.99. The summed E-state index contributed by atoms with van der Waals surface area (Å²) < 4.78 is 17.7. The lowest BCUT2D eigenvalue weighted by Crippen LogP contribution is -2.17. The summed E-state index contributed by atoms with van der Waals surface area (Å²) >= 11 is 0. The van der Waals surface area contributed by atoms with Crippen LogP contribution < -0.4 is 10.1 Å². The maximum Gasteiger partial charge on any atom is 0.119 e. The third-order valence-electron chi connectivity index (χ3n) is 5.01. The molecule has 2 aromatic rings. The first-order chi connectivity index (χ1) is 13.8. The van der Waals surface area contributed by atoms with Gasteiger partial charge in [-0.15, -0.1) is 0 Å². The Morgan fingerprint density at radius 3 is 2.21 bits per heavy atom. The van der Waals surface area contributed by atoms with Gasteiger partial charge >= 0.3 is 0 Å². The summed E-state index contributed by atoms with van der Waals surface area (Å²) in [4.78, 5) is 0.